The van der Waals surface area contributed by atoms with Gasteiger partial charge < -0.3 is 23.7 Å². The molecule has 11 nitrogen and oxygen atoms in total. The van der Waals surface area contributed by atoms with Gasteiger partial charge in [0.05, 0.1) is 0 Å². The molecule has 0 amide bonds. The van der Waals surface area contributed by atoms with Crippen LogP contribution in [-0.4, -0.2) is 67.2 Å². The Kier molecular flexibility index (Phi) is 10.3. The Morgan fingerprint density at radius 1 is 0.630 bits per heavy atom. The average molecular weight is 390 g/mol. The first-order chi connectivity index (χ1) is 12.4. The third-order valence-corrected chi connectivity index (χ3v) is 2.76. The zero-order valence-corrected chi connectivity index (χ0v) is 15.6. The van der Waals surface area contributed by atoms with E-state index in [0.29, 0.717) is 0 Å². The van der Waals surface area contributed by atoms with Crippen molar-refractivity contribution < 1.29 is 52.5 Å². The fourth-order valence-corrected chi connectivity index (χ4v) is 1.88. The fourth-order valence-electron chi connectivity index (χ4n) is 1.88. The number of carbonyl (C=O) groups is 6. The van der Waals surface area contributed by atoms with Crippen LogP contribution in [0.15, 0.2) is 0 Å². The van der Waals surface area contributed by atoms with E-state index in [1.807, 2.05) is 0 Å². The van der Waals surface area contributed by atoms with Crippen LogP contribution in [0.3, 0.4) is 0 Å². The van der Waals surface area contributed by atoms with Gasteiger partial charge in [0.2, 0.25) is 11.9 Å². The van der Waals surface area contributed by atoms with Gasteiger partial charge in [-0.1, -0.05) is 0 Å². The van der Waals surface area contributed by atoms with Crippen molar-refractivity contribution in [3.05, 3.63) is 0 Å². The number of hydrogen-bond acceptors (Lipinski definition) is 11. The van der Waals surface area contributed by atoms with E-state index in [1.165, 1.54) is 0 Å². The summed E-state index contributed by atoms with van der Waals surface area (Å²) in [6.07, 6.45) is -4.87. The van der Waals surface area contributed by atoms with E-state index < -0.39 is 67.2 Å². The van der Waals surface area contributed by atoms with Crippen LogP contribution in [-0.2, 0) is 52.5 Å². The molecule has 0 aromatic heterocycles. The van der Waals surface area contributed by atoms with Gasteiger partial charge in [0.25, 0.3) is 0 Å². The first-order valence-corrected chi connectivity index (χ1v) is 7.75. The monoisotopic (exact) mass is 390 g/mol. The highest BCUT2D eigenvalue weighted by atomic mass is 16.6. The molecule has 27 heavy (non-hydrogen) atoms. The Labute approximate surface area is 155 Å². The summed E-state index contributed by atoms with van der Waals surface area (Å²) < 4.78 is 24.2. The van der Waals surface area contributed by atoms with Gasteiger partial charge in [0, 0.05) is 34.6 Å². The Morgan fingerprint density at radius 3 is 1.52 bits per heavy atom. The molecule has 0 rings (SSSR count). The number of carbonyl (C=O) groups excluding carboxylic acids is 6. The third kappa shape index (κ3) is 10.6. The Morgan fingerprint density at radius 2 is 1.11 bits per heavy atom. The zero-order valence-electron chi connectivity index (χ0n) is 15.6. The molecule has 0 aliphatic carbocycles. The van der Waals surface area contributed by atoms with Crippen molar-refractivity contribution >= 4 is 35.6 Å². The summed E-state index contributed by atoms with van der Waals surface area (Å²) >= 11 is 0. The maximum absolute atomic E-state index is 12.3. The number of ether oxygens (including phenoxy) is 5. The van der Waals surface area contributed by atoms with Gasteiger partial charge in [-0.2, -0.15) is 0 Å². The largest absolute Gasteiger partial charge is 0.462 e. The third-order valence-electron chi connectivity index (χ3n) is 2.76. The Balaban J connectivity index is 5.80. The lowest BCUT2D eigenvalue weighted by atomic mass is 10.0. The van der Waals surface area contributed by atoms with Gasteiger partial charge in [-0.3, -0.25) is 28.8 Å². The smallest absolute Gasteiger partial charge is 0.303 e. The summed E-state index contributed by atoms with van der Waals surface area (Å²) in [5.41, 5.74) is 0. The van der Waals surface area contributed by atoms with E-state index >= 15 is 0 Å². The van der Waals surface area contributed by atoms with Crippen molar-refractivity contribution in [3.8, 4) is 0 Å². The highest BCUT2D eigenvalue weighted by molar-refractivity contribution is 5.88. The maximum atomic E-state index is 12.3. The first kappa shape index (κ1) is 24.0. The molecule has 0 radical (unpaired) electrons. The molecule has 0 unspecified atom stereocenters. The van der Waals surface area contributed by atoms with Gasteiger partial charge in [0.15, 0.2) is 18.8 Å². The van der Waals surface area contributed by atoms with Crippen molar-refractivity contribution in [2.24, 2.45) is 0 Å². The van der Waals surface area contributed by atoms with Gasteiger partial charge >= 0.3 is 29.8 Å². The van der Waals surface area contributed by atoms with Crippen LogP contribution in [0.25, 0.3) is 0 Å². The van der Waals surface area contributed by atoms with Crippen LogP contribution in [0.4, 0.5) is 0 Å². The van der Waals surface area contributed by atoms with Crippen molar-refractivity contribution in [2.75, 3.05) is 13.2 Å². The van der Waals surface area contributed by atoms with Crippen LogP contribution in [0.2, 0.25) is 0 Å². The minimum Gasteiger partial charge on any atom is -0.462 e. The van der Waals surface area contributed by atoms with Crippen molar-refractivity contribution in [2.45, 2.75) is 52.9 Å². The Bertz CT molecular complexity index is 595. The normalized spacial score (nSPS) is 13.4. The highest BCUT2D eigenvalue weighted by Crippen LogP contribution is 2.16. The van der Waals surface area contributed by atoms with Gasteiger partial charge in [-0.25, -0.2) is 0 Å². The van der Waals surface area contributed by atoms with E-state index in [2.05, 4.69) is 4.74 Å². The van der Waals surface area contributed by atoms with E-state index in [0.717, 1.165) is 34.6 Å². The van der Waals surface area contributed by atoms with E-state index in [4.69, 9.17) is 18.9 Å². The molecule has 0 saturated carbocycles. The molecule has 0 bridgehead atoms. The second-order valence-electron chi connectivity index (χ2n) is 5.30. The molecule has 0 fully saturated rings. The summed E-state index contributed by atoms with van der Waals surface area (Å²) in [7, 11) is 0. The molecule has 0 saturated heterocycles. The predicted molar refractivity (Wildman–Crippen MR) is 84.9 cm³/mol. The predicted octanol–water partition coefficient (Wildman–Crippen LogP) is -0.523. The molecule has 0 spiro atoms. The number of esters is 5. The molecule has 0 aliphatic rings. The number of Topliss-reactive ketones (excluding diaryl/α,β-unsaturated/α-hetero) is 1. The van der Waals surface area contributed by atoms with E-state index in [1.54, 1.807) is 0 Å². The second kappa shape index (κ2) is 11.6. The lowest BCUT2D eigenvalue weighted by molar-refractivity contribution is -0.191. The topological polar surface area (TPSA) is 149 Å². The number of rotatable bonds is 10. The summed E-state index contributed by atoms with van der Waals surface area (Å²) in [6, 6.07) is 0. The van der Waals surface area contributed by atoms with Crippen LogP contribution in [0.5, 0.6) is 0 Å². The first-order valence-electron chi connectivity index (χ1n) is 7.75. The van der Waals surface area contributed by atoms with Crippen LogP contribution >= 0.6 is 0 Å². The number of hydrogen-bond donors (Lipinski definition) is 0. The standard InChI is InChI=1S/C16H22O11/c1-8(17)23-6-13(22)15(26-11(4)20)16(27-12(5)21)14(25-10(3)19)7-24-9(2)18/h14-16H,6-7H2,1-5H3/t14-,15+,16+/m0/s1. The molecule has 3 atom stereocenters. The highest BCUT2D eigenvalue weighted by Gasteiger charge is 2.42. The van der Waals surface area contributed by atoms with Crippen LogP contribution in [0, 0.1) is 0 Å². The van der Waals surface area contributed by atoms with Gasteiger partial charge in [0.1, 0.15) is 6.61 Å². The van der Waals surface area contributed by atoms with Crippen molar-refractivity contribution in [3.63, 3.8) is 0 Å². The van der Waals surface area contributed by atoms with Crippen molar-refractivity contribution in [1.82, 2.24) is 0 Å². The number of ketones is 1. The van der Waals surface area contributed by atoms with Crippen LogP contribution in [0.1, 0.15) is 34.6 Å². The summed E-state index contributed by atoms with van der Waals surface area (Å²) in [6.45, 7) is 3.81. The van der Waals surface area contributed by atoms with Gasteiger partial charge in [-0.15, -0.1) is 0 Å². The molecule has 0 N–H and O–H groups in total. The Hall–Kier alpha value is -2.98. The molecule has 0 aliphatic heterocycles. The SMILES string of the molecule is CC(=O)OCC(=O)[C@@H](OC(C)=O)[C@H](OC(C)=O)[C@H](COC(C)=O)OC(C)=O. The summed E-state index contributed by atoms with van der Waals surface area (Å²) in [5, 5.41) is 0. The molecule has 0 aromatic rings. The molecular weight excluding hydrogens is 368 g/mol. The lowest BCUT2D eigenvalue weighted by Crippen LogP contribution is -2.51. The lowest BCUT2D eigenvalue weighted by Gasteiger charge is -2.30. The second-order valence-corrected chi connectivity index (χ2v) is 5.30. The minimum absolute atomic E-state index is 0.578. The zero-order chi connectivity index (χ0) is 21.1. The average Bonchev–Trinajstić information content (AvgIpc) is 2.51. The summed E-state index contributed by atoms with van der Waals surface area (Å²) in [4.78, 5) is 68.5. The summed E-state index contributed by atoms with van der Waals surface area (Å²) in [5.74, 6) is -5.08. The quantitative estimate of drug-likeness (QED) is 0.350. The molecule has 0 aromatic carbocycles. The van der Waals surface area contributed by atoms with Crippen molar-refractivity contribution in [1.29, 1.82) is 0 Å². The van der Waals surface area contributed by atoms with E-state index in [-0.39, 0.29) is 0 Å². The molecule has 0 heterocycles. The fraction of sp³-hybridized carbons (Fsp3) is 0.625. The molecular formula is C16H22O11. The van der Waals surface area contributed by atoms with Gasteiger partial charge in [-0.05, 0) is 0 Å². The molecule has 152 valence electrons. The molecule has 11 heteroatoms. The minimum atomic E-state index is -1.77. The maximum Gasteiger partial charge on any atom is 0.303 e. The van der Waals surface area contributed by atoms with E-state index in [9.17, 15) is 28.8 Å². The van der Waals surface area contributed by atoms with Crippen LogP contribution < -0.4 is 0 Å².